The summed E-state index contributed by atoms with van der Waals surface area (Å²) in [6.45, 7) is 0. The molecule has 0 aliphatic heterocycles. The van der Waals surface area contributed by atoms with Crippen molar-refractivity contribution in [3.05, 3.63) is 69.7 Å². The fraction of sp³-hybridized carbons (Fsp3) is 0.316. The molecule has 3 N–H and O–H groups in total. The predicted octanol–water partition coefficient (Wildman–Crippen LogP) is 4.33. The molecule has 126 valence electrons. The highest BCUT2D eigenvalue weighted by atomic mass is 35.5. The Kier molecular flexibility index (Phi) is 5.44. The van der Waals surface area contributed by atoms with Gasteiger partial charge in [-0.1, -0.05) is 59.6 Å². The predicted molar refractivity (Wildman–Crippen MR) is 98.2 cm³/mol. The van der Waals surface area contributed by atoms with Gasteiger partial charge in [-0.3, -0.25) is 4.79 Å². The number of carbonyl (C=O) groups excluding carboxylic acids is 1. The third kappa shape index (κ3) is 3.92. The number of nitrogens with one attached hydrogen (secondary N) is 1. The minimum Gasteiger partial charge on any atom is -0.345 e. The smallest absolute Gasteiger partial charge is 0.223 e. The van der Waals surface area contributed by atoms with Crippen molar-refractivity contribution in [2.45, 2.75) is 31.3 Å². The number of amides is 1. The van der Waals surface area contributed by atoms with Gasteiger partial charge in [0.15, 0.2) is 0 Å². The molecule has 3 rings (SSSR count). The van der Waals surface area contributed by atoms with E-state index in [-0.39, 0.29) is 23.9 Å². The van der Waals surface area contributed by atoms with Crippen LogP contribution in [0.5, 0.6) is 0 Å². The van der Waals surface area contributed by atoms with E-state index in [1.165, 1.54) is 0 Å². The lowest BCUT2D eigenvalue weighted by molar-refractivity contribution is -0.125. The van der Waals surface area contributed by atoms with E-state index in [0.29, 0.717) is 10.0 Å². The highest BCUT2D eigenvalue weighted by Crippen LogP contribution is 2.30. The number of halogens is 2. The first-order valence-corrected chi connectivity index (χ1v) is 8.86. The zero-order valence-electron chi connectivity index (χ0n) is 13.2. The first-order valence-electron chi connectivity index (χ1n) is 8.10. The molecule has 3 nitrogen and oxygen atoms in total. The highest BCUT2D eigenvalue weighted by Gasteiger charge is 2.29. The number of rotatable bonds is 4. The van der Waals surface area contributed by atoms with E-state index in [1.54, 1.807) is 6.07 Å². The van der Waals surface area contributed by atoms with E-state index in [1.807, 2.05) is 42.5 Å². The Bertz CT molecular complexity index is 721. The van der Waals surface area contributed by atoms with Crippen LogP contribution in [0.25, 0.3) is 0 Å². The summed E-state index contributed by atoms with van der Waals surface area (Å²) in [4.78, 5) is 12.7. The number of benzene rings is 2. The fourth-order valence-corrected chi connectivity index (χ4v) is 3.52. The minimum absolute atomic E-state index is 0.0195. The number of carbonyl (C=O) groups is 1. The van der Waals surface area contributed by atoms with E-state index in [0.717, 1.165) is 30.4 Å². The first kappa shape index (κ1) is 17.3. The van der Waals surface area contributed by atoms with Crippen molar-refractivity contribution in [2.24, 2.45) is 11.7 Å². The second-order valence-electron chi connectivity index (χ2n) is 6.30. The van der Waals surface area contributed by atoms with Gasteiger partial charge in [-0.2, -0.15) is 0 Å². The topological polar surface area (TPSA) is 55.1 Å². The Labute approximate surface area is 152 Å². The van der Waals surface area contributed by atoms with Crippen LogP contribution in [0.4, 0.5) is 0 Å². The number of hydrogen-bond acceptors (Lipinski definition) is 2. The van der Waals surface area contributed by atoms with Crippen LogP contribution in [0, 0.1) is 5.92 Å². The summed E-state index contributed by atoms with van der Waals surface area (Å²) in [5.74, 6) is 0.0249. The van der Waals surface area contributed by atoms with Crippen LogP contribution in [0.1, 0.15) is 36.4 Å². The summed E-state index contributed by atoms with van der Waals surface area (Å²) in [5, 5.41) is 4.14. The standard InChI is InChI=1S/C19H20Cl2N2O/c20-16-9-7-13(11-17(16)21)18(12-4-2-1-3-5-12)23-19(24)14-6-8-15(22)10-14/h1-5,7,9,11,14-15,18H,6,8,10,22H2,(H,23,24). The summed E-state index contributed by atoms with van der Waals surface area (Å²) in [6.07, 6.45) is 2.49. The molecule has 0 heterocycles. The van der Waals surface area contributed by atoms with Crippen LogP contribution in [-0.2, 0) is 4.79 Å². The monoisotopic (exact) mass is 362 g/mol. The van der Waals surface area contributed by atoms with Gasteiger partial charge in [0.25, 0.3) is 0 Å². The Morgan fingerprint density at radius 2 is 1.79 bits per heavy atom. The second-order valence-corrected chi connectivity index (χ2v) is 7.11. The van der Waals surface area contributed by atoms with Crippen LogP contribution in [-0.4, -0.2) is 11.9 Å². The Hall–Kier alpha value is -1.55. The number of hydrogen-bond donors (Lipinski definition) is 2. The summed E-state index contributed by atoms with van der Waals surface area (Å²) < 4.78 is 0. The molecule has 24 heavy (non-hydrogen) atoms. The van der Waals surface area contributed by atoms with Gasteiger partial charge in [0.2, 0.25) is 5.91 Å². The average Bonchev–Trinajstić information content (AvgIpc) is 3.02. The van der Waals surface area contributed by atoms with Gasteiger partial charge >= 0.3 is 0 Å². The first-order chi connectivity index (χ1) is 11.5. The van der Waals surface area contributed by atoms with Gasteiger partial charge in [-0.05, 0) is 42.5 Å². The molecule has 1 aliphatic carbocycles. The summed E-state index contributed by atoms with van der Waals surface area (Å²) in [6, 6.07) is 15.2. The highest BCUT2D eigenvalue weighted by molar-refractivity contribution is 6.42. The maximum Gasteiger partial charge on any atom is 0.223 e. The molecule has 5 heteroatoms. The molecule has 1 fully saturated rings. The third-order valence-electron chi connectivity index (χ3n) is 4.54. The molecule has 2 aromatic rings. The van der Waals surface area contributed by atoms with Crippen LogP contribution >= 0.6 is 23.2 Å². The lowest BCUT2D eigenvalue weighted by Crippen LogP contribution is -2.34. The Morgan fingerprint density at radius 1 is 1.04 bits per heavy atom. The molecule has 0 saturated heterocycles. The molecule has 0 spiro atoms. The summed E-state index contributed by atoms with van der Waals surface area (Å²) >= 11 is 12.2. The lowest BCUT2D eigenvalue weighted by atomic mass is 9.97. The van der Waals surface area contributed by atoms with Gasteiger partial charge in [-0.15, -0.1) is 0 Å². The number of nitrogens with two attached hydrogens (primary N) is 1. The molecule has 0 aromatic heterocycles. The maximum absolute atomic E-state index is 12.7. The van der Waals surface area contributed by atoms with Gasteiger partial charge < -0.3 is 11.1 Å². The fourth-order valence-electron chi connectivity index (χ4n) is 3.21. The zero-order valence-corrected chi connectivity index (χ0v) is 14.7. The molecule has 0 bridgehead atoms. The van der Waals surface area contributed by atoms with Crippen molar-refractivity contribution in [1.82, 2.24) is 5.32 Å². The van der Waals surface area contributed by atoms with Gasteiger partial charge in [0.1, 0.15) is 0 Å². The van der Waals surface area contributed by atoms with Crippen molar-refractivity contribution in [1.29, 1.82) is 0 Å². The van der Waals surface area contributed by atoms with Crippen LogP contribution in [0.2, 0.25) is 10.0 Å². The largest absolute Gasteiger partial charge is 0.345 e. The molecular weight excluding hydrogens is 343 g/mol. The molecule has 1 amide bonds. The van der Waals surface area contributed by atoms with E-state index in [9.17, 15) is 4.79 Å². The van der Waals surface area contributed by atoms with Crippen molar-refractivity contribution in [3.8, 4) is 0 Å². The Balaban J connectivity index is 1.88. The van der Waals surface area contributed by atoms with Crippen molar-refractivity contribution in [2.75, 3.05) is 0 Å². The average molecular weight is 363 g/mol. The summed E-state index contributed by atoms with van der Waals surface area (Å²) in [7, 11) is 0. The third-order valence-corrected chi connectivity index (χ3v) is 5.28. The van der Waals surface area contributed by atoms with E-state index < -0.39 is 0 Å². The Morgan fingerprint density at radius 3 is 2.42 bits per heavy atom. The molecule has 3 unspecified atom stereocenters. The molecule has 0 radical (unpaired) electrons. The van der Waals surface area contributed by atoms with E-state index in [2.05, 4.69) is 5.32 Å². The SMILES string of the molecule is NC1CCC(C(=O)NC(c2ccccc2)c2ccc(Cl)c(Cl)c2)C1. The molecular formula is C19H20Cl2N2O. The van der Waals surface area contributed by atoms with Gasteiger partial charge in [0.05, 0.1) is 16.1 Å². The lowest BCUT2D eigenvalue weighted by Gasteiger charge is -2.22. The van der Waals surface area contributed by atoms with Gasteiger partial charge in [-0.25, -0.2) is 0 Å². The van der Waals surface area contributed by atoms with Crippen LogP contribution in [0.15, 0.2) is 48.5 Å². The minimum atomic E-state index is -0.259. The van der Waals surface area contributed by atoms with Crippen LogP contribution in [0.3, 0.4) is 0 Å². The molecule has 3 atom stereocenters. The zero-order chi connectivity index (χ0) is 17.1. The van der Waals surface area contributed by atoms with Gasteiger partial charge in [0, 0.05) is 12.0 Å². The molecule has 1 saturated carbocycles. The van der Waals surface area contributed by atoms with E-state index >= 15 is 0 Å². The van der Waals surface area contributed by atoms with Crippen molar-refractivity contribution in [3.63, 3.8) is 0 Å². The maximum atomic E-state index is 12.7. The second kappa shape index (κ2) is 7.56. The van der Waals surface area contributed by atoms with E-state index in [4.69, 9.17) is 28.9 Å². The normalized spacial score (nSPS) is 21.5. The van der Waals surface area contributed by atoms with Crippen molar-refractivity contribution >= 4 is 29.1 Å². The quantitative estimate of drug-likeness (QED) is 0.850. The summed E-state index contributed by atoms with van der Waals surface area (Å²) in [5.41, 5.74) is 7.85. The molecule has 1 aliphatic rings. The molecule has 2 aromatic carbocycles. The van der Waals surface area contributed by atoms with Crippen LogP contribution < -0.4 is 11.1 Å². The van der Waals surface area contributed by atoms with Crippen molar-refractivity contribution < 1.29 is 4.79 Å².